The second-order valence-electron chi connectivity index (χ2n) is 5.41. The van der Waals surface area contributed by atoms with Crippen molar-refractivity contribution in [3.8, 4) is 6.07 Å². The minimum Gasteiger partial charge on any atom is -0.316 e. The van der Waals surface area contributed by atoms with E-state index in [2.05, 4.69) is 22.0 Å². The highest BCUT2D eigenvalue weighted by Gasteiger charge is 2.45. The highest BCUT2D eigenvalue weighted by atomic mass is 79.9. The SMILES string of the molecule is N#C[C@]1(c2ccccc2)CCCN1C(=O)c1ccc(Br)cc1. The molecular formula is C18H15BrN2O. The van der Waals surface area contributed by atoms with Crippen LogP contribution in [0.15, 0.2) is 59.1 Å². The number of nitrogens with zero attached hydrogens (tertiary/aromatic N) is 2. The Kier molecular flexibility index (Phi) is 4.00. The molecule has 1 heterocycles. The number of hydrogen-bond acceptors (Lipinski definition) is 2. The zero-order valence-electron chi connectivity index (χ0n) is 12.0. The Labute approximate surface area is 138 Å². The summed E-state index contributed by atoms with van der Waals surface area (Å²) in [7, 11) is 0. The highest BCUT2D eigenvalue weighted by Crippen LogP contribution is 2.39. The summed E-state index contributed by atoms with van der Waals surface area (Å²) in [4.78, 5) is 14.6. The number of halogens is 1. The molecule has 0 aromatic heterocycles. The van der Waals surface area contributed by atoms with E-state index in [1.807, 2.05) is 42.5 Å². The first-order valence-electron chi connectivity index (χ1n) is 7.22. The molecule has 2 aromatic carbocycles. The maximum Gasteiger partial charge on any atom is 0.255 e. The Morgan fingerprint density at radius 1 is 1.14 bits per heavy atom. The second-order valence-corrected chi connectivity index (χ2v) is 6.32. The van der Waals surface area contributed by atoms with Gasteiger partial charge in [-0.3, -0.25) is 4.79 Å². The van der Waals surface area contributed by atoms with Crippen LogP contribution in [-0.4, -0.2) is 17.4 Å². The Bertz CT molecular complexity index is 721. The molecule has 110 valence electrons. The van der Waals surface area contributed by atoms with Crippen LogP contribution in [0.2, 0.25) is 0 Å². The zero-order valence-corrected chi connectivity index (χ0v) is 13.6. The second kappa shape index (κ2) is 5.94. The lowest BCUT2D eigenvalue weighted by Crippen LogP contribution is -2.44. The van der Waals surface area contributed by atoms with Gasteiger partial charge >= 0.3 is 0 Å². The number of hydrogen-bond donors (Lipinski definition) is 0. The van der Waals surface area contributed by atoms with Gasteiger partial charge in [-0.1, -0.05) is 46.3 Å². The Morgan fingerprint density at radius 3 is 2.45 bits per heavy atom. The summed E-state index contributed by atoms with van der Waals surface area (Å²) in [6.45, 7) is 0.608. The quantitative estimate of drug-likeness (QED) is 0.814. The first kappa shape index (κ1) is 14.8. The smallest absolute Gasteiger partial charge is 0.255 e. The van der Waals surface area contributed by atoms with Gasteiger partial charge in [-0.25, -0.2) is 0 Å². The van der Waals surface area contributed by atoms with Crippen molar-refractivity contribution in [3.63, 3.8) is 0 Å². The van der Waals surface area contributed by atoms with Crippen molar-refractivity contribution < 1.29 is 4.79 Å². The van der Waals surface area contributed by atoms with Crippen LogP contribution >= 0.6 is 15.9 Å². The van der Waals surface area contributed by atoms with Crippen molar-refractivity contribution in [3.05, 3.63) is 70.2 Å². The minimum absolute atomic E-state index is 0.0876. The van der Waals surface area contributed by atoms with E-state index in [-0.39, 0.29) is 5.91 Å². The van der Waals surface area contributed by atoms with Gasteiger partial charge in [0.2, 0.25) is 0 Å². The van der Waals surface area contributed by atoms with Crippen molar-refractivity contribution >= 4 is 21.8 Å². The predicted octanol–water partition coefficient (Wildman–Crippen LogP) is 4.10. The molecular weight excluding hydrogens is 340 g/mol. The number of carbonyl (C=O) groups excluding carboxylic acids is 1. The van der Waals surface area contributed by atoms with Gasteiger partial charge in [0.05, 0.1) is 6.07 Å². The molecule has 1 aliphatic rings. The molecule has 0 saturated carbocycles. The van der Waals surface area contributed by atoms with E-state index in [1.54, 1.807) is 17.0 Å². The van der Waals surface area contributed by atoms with E-state index < -0.39 is 5.54 Å². The fourth-order valence-electron chi connectivity index (χ4n) is 3.04. The molecule has 3 rings (SSSR count). The van der Waals surface area contributed by atoms with Gasteiger partial charge in [0.15, 0.2) is 5.54 Å². The van der Waals surface area contributed by atoms with Crippen LogP contribution in [-0.2, 0) is 5.54 Å². The third-order valence-corrected chi connectivity index (χ3v) is 4.68. The first-order chi connectivity index (χ1) is 10.7. The van der Waals surface area contributed by atoms with Crippen LogP contribution in [0, 0.1) is 11.3 Å². The summed E-state index contributed by atoms with van der Waals surface area (Å²) in [6.07, 6.45) is 1.51. The summed E-state index contributed by atoms with van der Waals surface area (Å²) in [5.74, 6) is -0.0876. The molecule has 0 spiro atoms. The lowest BCUT2D eigenvalue weighted by molar-refractivity contribution is 0.0670. The third-order valence-electron chi connectivity index (χ3n) is 4.15. The molecule has 0 bridgehead atoms. The molecule has 0 unspecified atom stereocenters. The Balaban J connectivity index is 2.00. The number of amides is 1. The topological polar surface area (TPSA) is 44.1 Å². The maximum atomic E-state index is 12.9. The Morgan fingerprint density at radius 2 is 1.82 bits per heavy atom. The van der Waals surface area contributed by atoms with Crippen LogP contribution in [0.25, 0.3) is 0 Å². The zero-order chi connectivity index (χ0) is 15.6. The largest absolute Gasteiger partial charge is 0.316 e. The van der Waals surface area contributed by atoms with Crippen LogP contribution in [0.1, 0.15) is 28.8 Å². The van der Waals surface area contributed by atoms with Crippen molar-refractivity contribution in [1.29, 1.82) is 5.26 Å². The molecule has 1 fully saturated rings. The van der Waals surface area contributed by atoms with E-state index in [0.29, 0.717) is 18.5 Å². The number of rotatable bonds is 2. The van der Waals surface area contributed by atoms with E-state index in [4.69, 9.17) is 0 Å². The van der Waals surface area contributed by atoms with E-state index in [9.17, 15) is 10.1 Å². The molecule has 1 aliphatic heterocycles. The number of likely N-dealkylation sites (tertiary alicyclic amines) is 1. The maximum absolute atomic E-state index is 12.9. The summed E-state index contributed by atoms with van der Waals surface area (Å²) < 4.78 is 0.931. The normalized spacial score (nSPS) is 20.6. The van der Waals surface area contributed by atoms with Crippen LogP contribution < -0.4 is 0 Å². The Hall–Kier alpha value is -2.12. The molecule has 1 saturated heterocycles. The van der Waals surface area contributed by atoms with Gasteiger partial charge in [-0.15, -0.1) is 0 Å². The fraction of sp³-hybridized carbons (Fsp3) is 0.222. The van der Waals surface area contributed by atoms with Crippen molar-refractivity contribution in [2.45, 2.75) is 18.4 Å². The summed E-state index contributed by atoms with van der Waals surface area (Å²) in [6, 6.07) is 19.3. The van der Waals surface area contributed by atoms with E-state index >= 15 is 0 Å². The minimum atomic E-state index is -0.856. The first-order valence-corrected chi connectivity index (χ1v) is 8.01. The van der Waals surface area contributed by atoms with Crippen LogP contribution in [0.4, 0.5) is 0 Å². The molecule has 2 aromatic rings. The molecule has 22 heavy (non-hydrogen) atoms. The molecule has 3 nitrogen and oxygen atoms in total. The van der Waals surface area contributed by atoms with E-state index in [1.165, 1.54) is 0 Å². The number of carbonyl (C=O) groups is 1. The predicted molar refractivity (Wildman–Crippen MR) is 88.1 cm³/mol. The van der Waals surface area contributed by atoms with Crippen molar-refractivity contribution in [2.24, 2.45) is 0 Å². The highest BCUT2D eigenvalue weighted by molar-refractivity contribution is 9.10. The average molecular weight is 355 g/mol. The lowest BCUT2D eigenvalue weighted by atomic mass is 9.88. The van der Waals surface area contributed by atoms with Gasteiger partial charge in [-0.05, 0) is 42.7 Å². The lowest BCUT2D eigenvalue weighted by Gasteiger charge is -2.33. The standard InChI is InChI=1S/C18H15BrN2O/c19-16-9-7-14(8-10-16)17(22)21-12-4-11-18(21,13-20)15-5-2-1-3-6-15/h1-3,5-10H,4,11-12H2/t18-/m0/s1. The van der Waals surface area contributed by atoms with Gasteiger partial charge in [0.1, 0.15) is 0 Å². The third kappa shape index (κ3) is 2.42. The molecule has 1 atom stereocenters. The molecule has 1 amide bonds. The molecule has 0 aliphatic carbocycles. The fourth-order valence-corrected chi connectivity index (χ4v) is 3.30. The van der Waals surface area contributed by atoms with E-state index in [0.717, 1.165) is 16.5 Å². The number of nitriles is 1. The average Bonchev–Trinajstić information content (AvgIpc) is 3.01. The molecule has 0 radical (unpaired) electrons. The van der Waals surface area contributed by atoms with Gasteiger partial charge in [-0.2, -0.15) is 5.26 Å². The van der Waals surface area contributed by atoms with Crippen molar-refractivity contribution in [1.82, 2.24) is 4.90 Å². The van der Waals surface area contributed by atoms with Crippen molar-refractivity contribution in [2.75, 3.05) is 6.54 Å². The monoisotopic (exact) mass is 354 g/mol. The van der Waals surface area contributed by atoms with Crippen LogP contribution in [0.5, 0.6) is 0 Å². The van der Waals surface area contributed by atoms with Gasteiger partial charge in [0, 0.05) is 16.6 Å². The summed E-state index contributed by atoms with van der Waals surface area (Å²) in [5, 5.41) is 9.83. The molecule has 4 heteroatoms. The molecule has 0 N–H and O–H groups in total. The number of benzene rings is 2. The summed E-state index contributed by atoms with van der Waals surface area (Å²) >= 11 is 3.37. The van der Waals surface area contributed by atoms with Crippen LogP contribution in [0.3, 0.4) is 0 Å². The van der Waals surface area contributed by atoms with Gasteiger partial charge in [0.25, 0.3) is 5.91 Å². The van der Waals surface area contributed by atoms with Gasteiger partial charge < -0.3 is 4.90 Å². The summed E-state index contributed by atoms with van der Waals surface area (Å²) in [5.41, 5.74) is 0.645.